The van der Waals surface area contributed by atoms with Crippen LogP contribution in [0.5, 0.6) is 0 Å². The summed E-state index contributed by atoms with van der Waals surface area (Å²) in [6.07, 6.45) is 3.05. The molecule has 5 heteroatoms. The smallest absolute Gasteiger partial charge is 0.0707 e. The summed E-state index contributed by atoms with van der Waals surface area (Å²) < 4.78 is 5.87. The van der Waals surface area contributed by atoms with Crippen molar-refractivity contribution in [1.29, 1.82) is 0 Å². The molecule has 3 nitrogen and oxygen atoms in total. The number of ether oxygens (including phenoxy) is 1. The number of morpholine rings is 1. The van der Waals surface area contributed by atoms with Gasteiger partial charge in [-0.05, 0) is 36.6 Å². The van der Waals surface area contributed by atoms with Gasteiger partial charge in [-0.2, -0.15) is 0 Å². The minimum Gasteiger partial charge on any atom is -0.372 e. The van der Waals surface area contributed by atoms with E-state index in [9.17, 15) is 0 Å². The van der Waals surface area contributed by atoms with Crippen LogP contribution in [0.25, 0.3) is 0 Å². The number of nitrogens with two attached hydrogens (primary N) is 1. The van der Waals surface area contributed by atoms with E-state index >= 15 is 0 Å². The summed E-state index contributed by atoms with van der Waals surface area (Å²) >= 11 is 12.2. The maximum Gasteiger partial charge on any atom is 0.0707 e. The number of rotatable bonds is 3. The highest BCUT2D eigenvalue weighted by Gasteiger charge is 2.36. The topological polar surface area (TPSA) is 38.5 Å². The molecule has 2 bridgehead atoms. The highest BCUT2D eigenvalue weighted by molar-refractivity contribution is 6.34. The first kappa shape index (κ1) is 13.7. The molecule has 2 aliphatic heterocycles. The number of benzene rings is 1. The van der Waals surface area contributed by atoms with Gasteiger partial charge in [-0.3, -0.25) is 4.90 Å². The second kappa shape index (κ2) is 5.58. The highest BCUT2D eigenvalue weighted by atomic mass is 35.5. The molecule has 2 heterocycles. The Morgan fingerprint density at radius 2 is 1.74 bits per heavy atom. The number of hydrogen-bond acceptors (Lipinski definition) is 3. The van der Waals surface area contributed by atoms with E-state index in [-0.39, 0.29) is 6.04 Å². The van der Waals surface area contributed by atoms with Crippen LogP contribution >= 0.6 is 23.2 Å². The van der Waals surface area contributed by atoms with E-state index in [1.165, 1.54) is 0 Å². The third kappa shape index (κ3) is 2.91. The summed E-state index contributed by atoms with van der Waals surface area (Å²) in [4.78, 5) is 2.41. The van der Waals surface area contributed by atoms with Gasteiger partial charge in [0, 0.05) is 35.7 Å². The summed E-state index contributed by atoms with van der Waals surface area (Å²) in [6, 6.07) is 5.84. The Morgan fingerprint density at radius 1 is 1.16 bits per heavy atom. The largest absolute Gasteiger partial charge is 0.372 e. The van der Waals surface area contributed by atoms with Gasteiger partial charge < -0.3 is 10.5 Å². The van der Waals surface area contributed by atoms with Crippen LogP contribution < -0.4 is 5.73 Å². The average Bonchev–Trinajstić information content (AvgIpc) is 2.68. The average molecular weight is 301 g/mol. The van der Waals surface area contributed by atoms with Crippen molar-refractivity contribution in [2.75, 3.05) is 19.6 Å². The molecular weight excluding hydrogens is 283 g/mol. The highest BCUT2D eigenvalue weighted by Crippen LogP contribution is 2.33. The molecule has 3 unspecified atom stereocenters. The molecule has 2 saturated heterocycles. The van der Waals surface area contributed by atoms with Crippen LogP contribution in [0.2, 0.25) is 10.0 Å². The summed E-state index contributed by atoms with van der Waals surface area (Å²) in [5.74, 6) is 0. The Bertz CT molecular complexity index is 437. The minimum absolute atomic E-state index is 0.170. The second-order valence-electron chi connectivity index (χ2n) is 5.37. The van der Waals surface area contributed by atoms with Crippen LogP contribution in [0, 0.1) is 0 Å². The standard InChI is InChI=1S/C14H18Cl2N2O/c15-10-3-9(4-11(16)5-10)14(6-17)18-7-12-1-2-13(8-18)19-12/h3-5,12-14H,1-2,6-8,17H2. The number of fused-ring (bicyclic) bond motifs is 2. The molecule has 3 atom stereocenters. The Morgan fingerprint density at radius 3 is 2.26 bits per heavy atom. The van der Waals surface area contributed by atoms with Crippen LogP contribution in [0.1, 0.15) is 24.4 Å². The van der Waals surface area contributed by atoms with Crippen LogP contribution in [0.3, 0.4) is 0 Å². The lowest BCUT2D eigenvalue weighted by molar-refractivity contribution is -0.0521. The SMILES string of the molecule is NCC(c1cc(Cl)cc(Cl)c1)N1CC2CCC(C1)O2. The maximum atomic E-state index is 6.09. The van der Waals surface area contributed by atoms with Crippen LogP contribution in [0.15, 0.2) is 18.2 Å². The Hall–Kier alpha value is -0.320. The summed E-state index contributed by atoms with van der Waals surface area (Å²) in [7, 11) is 0. The Labute approximate surface area is 123 Å². The van der Waals surface area contributed by atoms with Crippen molar-refractivity contribution in [2.45, 2.75) is 31.1 Å². The van der Waals surface area contributed by atoms with Crippen molar-refractivity contribution in [2.24, 2.45) is 5.73 Å². The van der Waals surface area contributed by atoms with Gasteiger partial charge in [0.25, 0.3) is 0 Å². The zero-order valence-corrected chi connectivity index (χ0v) is 12.2. The van der Waals surface area contributed by atoms with E-state index in [1.54, 1.807) is 6.07 Å². The van der Waals surface area contributed by atoms with Crippen molar-refractivity contribution in [3.63, 3.8) is 0 Å². The van der Waals surface area contributed by atoms with Crippen molar-refractivity contribution in [3.05, 3.63) is 33.8 Å². The molecule has 0 spiro atoms. The Kier molecular flexibility index (Phi) is 4.01. The molecule has 3 rings (SSSR count). The molecule has 2 fully saturated rings. The number of halogens is 2. The molecule has 104 valence electrons. The summed E-state index contributed by atoms with van der Waals surface area (Å²) in [5.41, 5.74) is 7.08. The fourth-order valence-electron chi connectivity index (χ4n) is 3.16. The molecule has 0 aromatic heterocycles. The summed E-state index contributed by atoms with van der Waals surface area (Å²) in [5, 5.41) is 1.33. The molecule has 1 aromatic carbocycles. The molecule has 0 saturated carbocycles. The molecule has 1 aromatic rings. The van der Waals surface area contributed by atoms with Gasteiger partial charge in [0.1, 0.15) is 0 Å². The predicted octanol–water partition coefficient (Wildman–Crippen LogP) is 2.86. The second-order valence-corrected chi connectivity index (χ2v) is 6.24. The molecule has 19 heavy (non-hydrogen) atoms. The first-order valence-electron chi connectivity index (χ1n) is 6.71. The third-order valence-corrected chi connectivity index (χ3v) is 4.44. The van der Waals surface area contributed by atoms with Gasteiger partial charge in [0.2, 0.25) is 0 Å². The molecule has 2 N–H and O–H groups in total. The normalized spacial score (nSPS) is 28.6. The van der Waals surface area contributed by atoms with Crippen LogP contribution in [-0.2, 0) is 4.74 Å². The van der Waals surface area contributed by atoms with Gasteiger partial charge in [-0.15, -0.1) is 0 Å². The zero-order valence-electron chi connectivity index (χ0n) is 10.7. The van der Waals surface area contributed by atoms with E-state index in [4.69, 9.17) is 33.7 Å². The van der Waals surface area contributed by atoms with E-state index in [0.29, 0.717) is 28.8 Å². The quantitative estimate of drug-likeness (QED) is 0.933. The zero-order chi connectivity index (χ0) is 13.4. The Balaban J connectivity index is 1.83. The number of likely N-dealkylation sites (tertiary alicyclic amines) is 1. The number of hydrogen-bond donors (Lipinski definition) is 1. The molecular formula is C14H18Cl2N2O. The number of nitrogens with zero attached hydrogens (tertiary/aromatic N) is 1. The molecule has 0 aliphatic carbocycles. The van der Waals surface area contributed by atoms with E-state index in [1.807, 2.05) is 12.1 Å². The third-order valence-electron chi connectivity index (χ3n) is 4.01. The molecule has 0 radical (unpaired) electrons. The lowest BCUT2D eigenvalue weighted by atomic mass is 10.0. The van der Waals surface area contributed by atoms with E-state index in [2.05, 4.69) is 4.90 Å². The van der Waals surface area contributed by atoms with Gasteiger partial charge in [0.05, 0.1) is 12.2 Å². The summed E-state index contributed by atoms with van der Waals surface area (Å²) in [6.45, 7) is 2.46. The minimum atomic E-state index is 0.170. The first-order valence-corrected chi connectivity index (χ1v) is 7.47. The van der Waals surface area contributed by atoms with Crippen LogP contribution in [-0.4, -0.2) is 36.7 Å². The van der Waals surface area contributed by atoms with E-state index in [0.717, 1.165) is 31.5 Å². The monoisotopic (exact) mass is 300 g/mol. The maximum absolute atomic E-state index is 6.09. The molecule has 2 aliphatic rings. The van der Waals surface area contributed by atoms with Gasteiger partial charge >= 0.3 is 0 Å². The molecule has 0 amide bonds. The van der Waals surface area contributed by atoms with Crippen molar-refractivity contribution in [3.8, 4) is 0 Å². The van der Waals surface area contributed by atoms with Crippen LogP contribution in [0.4, 0.5) is 0 Å². The van der Waals surface area contributed by atoms with Gasteiger partial charge in [0.15, 0.2) is 0 Å². The fourth-order valence-corrected chi connectivity index (χ4v) is 3.71. The first-order chi connectivity index (χ1) is 9.15. The predicted molar refractivity (Wildman–Crippen MR) is 77.7 cm³/mol. The van der Waals surface area contributed by atoms with Crippen molar-refractivity contribution in [1.82, 2.24) is 4.90 Å². The van der Waals surface area contributed by atoms with Gasteiger partial charge in [-0.25, -0.2) is 0 Å². The van der Waals surface area contributed by atoms with E-state index < -0.39 is 0 Å². The van der Waals surface area contributed by atoms with Crippen molar-refractivity contribution >= 4 is 23.2 Å². The van der Waals surface area contributed by atoms with Gasteiger partial charge in [-0.1, -0.05) is 23.2 Å². The fraction of sp³-hybridized carbons (Fsp3) is 0.571. The lowest BCUT2D eigenvalue weighted by Crippen LogP contribution is -2.46. The van der Waals surface area contributed by atoms with Crippen molar-refractivity contribution < 1.29 is 4.74 Å². The lowest BCUT2D eigenvalue weighted by Gasteiger charge is -2.37.